The van der Waals surface area contributed by atoms with E-state index in [2.05, 4.69) is 9.72 Å². The molecule has 18 heavy (non-hydrogen) atoms. The van der Waals surface area contributed by atoms with E-state index in [9.17, 15) is 28.1 Å². The Morgan fingerprint density at radius 1 is 1.50 bits per heavy atom. The molecule has 0 aliphatic rings. The van der Waals surface area contributed by atoms with Crippen molar-refractivity contribution in [3.05, 3.63) is 27.0 Å². The third-order valence-electron chi connectivity index (χ3n) is 1.55. The minimum absolute atomic E-state index is 0.415. The first-order chi connectivity index (χ1) is 8.13. The van der Waals surface area contributed by atoms with Crippen molar-refractivity contribution in [2.24, 2.45) is 0 Å². The van der Waals surface area contributed by atoms with Crippen molar-refractivity contribution in [2.45, 2.75) is 6.36 Å². The lowest BCUT2D eigenvalue weighted by Crippen LogP contribution is -2.18. The summed E-state index contributed by atoms with van der Waals surface area (Å²) in [6, 6.07) is 0. The first kappa shape index (κ1) is 14.5. The highest BCUT2D eigenvalue weighted by Gasteiger charge is 2.35. The molecule has 0 spiro atoms. The molecule has 0 saturated carbocycles. The van der Waals surface area contributed by atoms with Gasteiger partial charge in [0.1, 0.15) is 0 Å². The molecule has 0 N–H and O–H groups in total. The lowest BCUT2D eigenvalue weighted by molar-refractivity contribution is -0.385. The summed E-state index contributed by atoms with van der Waals surface area (Å²) in [7, 11) is 0. The predicted molar refractivity (Wildman–Crippen MR) is 52.8 cm³/mol. The molecule has 6 nitrogen and oxygen atoms in total. The number of aromatic nitrogens is 1. The largest absolute Gasteiger partial charge is 0.573 e. The van der Waals surface area contributed by atoms with Gasteiger partial charge in [-0.3, -0.25) is 14.9 Å². The summed E-state index contributed by atoms with van der Waals surface area (Å²) >= 11 is 10.3. The van der Waals surface area contributed by atoms with Crippen LogP contribution in [0.3, 0.4) is 0 Å². The van der Waals surface area contributed by atoms with Crippen LogP contribution < -0.4 is 4.74 Å². The van der Waals surface area contributed by atoms with Crippen LogP contribution in [0.25, 0.3) is 0 Å². The maximum atomic E-state index is 11.9. The zero-order valence-corrected chi connectivity index (χ0v) is 9.51. The lowest BCUT2D eigenvalue weighted by atomic mass is 10.3. The van der Waals surface area contributed by atoms with E-state index in [1.807, 2.05) is 0 Å². The van der Waals surface area contributed by atoms with Crippen LogP contribution in [0.15, 0.2) is 6.20 Å². The smallest absolute Gasteiger partial charge is 0.402 e. The number of carbonyl (C=O) groups excluding carboxylic acids is 1. The number of rotatable bonds is 3. The first-order valence-electron chi connectivity index (χ1n) is 3.92. The molecule has 0 aliphatic heterocycles. The topological polar surface area (TPSA) is 82.3 Å². The van der Waals surface area contributed by atoms with Gasteiger partial charge in [-0.15, -0.1) is 13.2 Å². The van der Waals surface area contributed by atoms with Crippen molar-refractivity contribution in [2.75, 3.05) is 0 Å². The van der Waals surface area contributed by atoms with Crippen molar-refractivity contribution in [3.8, 4) is 5.75 Å². The van der Waals surface area contributed by atoms with E-state index in [-0.39, 0.29) is 0 Å². The second kappa shape index (κ2) is 4.94. The summed E-state index contributed by atoms with van der Waals surface area (Å²) in [6.07, 6.45) is -4.69. The number of ether oxygens (including phenoxy) is 1. The van der Waals surface area contributed by atoms with Gasteiger partial charge in [-0.25, -0.2) is 4.98 Å². The van der Waals surface area contributed by atoms with Crippen LogP contribution in [0.4, 0.5) is 18.9 Å². The van der Waals surface area contributed by atoms with Gasteiger partial charge in [-0.1, -0.05) is 11.6 Å². The van der Waals surface area contributed by atoms with Crippen LogP contribution in [0, 0.1) is 10.1 Å². The Morgan fingerprint density at radius 3 is 2.44 bits per heavy atom. The molecule has 0 aliphatic carbocycles. The molecule has 0 aromatic carbocycles. The Hall–Kier alpha value is -1.61. The van der Waals surface area contributed by atoms with Gasteiger partial charge in [0.2, 0.25) is 5.69 Å². The summed E-state index contributed by atoms with van der Waals surface area (Å²) in [5.41, 5.74) is -2.03. The minimum atomic E-state index is -5.11. The van der Waals surface area contributed by atoms with Crippen LogP contribution in [0.2, 0.25) is 5.02 Å². The van der Waals surface area contributed by atoms with Crippen LogP contribution in [-0.4, -0.2) is 21.5 Å². The Kier molecular flexibility index (Phi) is 3.97. The fraction of sp³-hybridized carbons (Fsp3) is 0.143. The third kappa shape index (κ3) is 3.20. The second-order valence-corrected chi connectivity index (χ2v) is 3.43. The third-order valence-corrected chi connectivity index (χ3v) is 2.10. The van der Waals surface area contributed by atoms with Gasteiger partial charge in [0.25, 0.3) is 5.24 Å². The molecular weight excluding hydrogens is 304 g/mol. The van der Waals surface area contributed by atoms with Crippen molar-refractivity contribution >= 4 is 34.1 Å². The van der Waals surface area contributed by atoms with Crippen molar-refractivity contribution in [1.29, 1.82) is 0 Å². The van der Waals surface area contributed by atoms with Gasteiger partial charge in [-0.2, -0.15) is 0 Å². The summed E-state index contributed by atoms with van der Waals surface area (Å²) < 4.78 is 39.2. The monoisotopic (exact) mass is 304 g/mol. The zero-order chi connectivity index (χ0) is 14.1. The van der Waals surface area contributed by atoms with E-state index in [0.717, 1.165) is 0 Å². The number of carbonyl (C=O) groups is 1. The van der Waals surface area contributed by atoms with Crippen LogP contribution in [0.5, 0.6) is 5.75 Å². The van der Waals surface area contributed by atoms with Gasteiger partial charge in [0.05, 0.1) is 11.1 Å². The van der Waals surface area contributed by atoms with Crippen LogP contribution >= 0.6 is 23.2 Å². The van der Waals surface area contributed by atoms with Crippen molar-refractivity contribution in [3.63, 3.8) is 0 Å². The molecule has 0 saturated heterocycles. The van der Waals surface area contributed by atoms with Crippen molar-refractivity contribution in [1.82, 2.24) is 4.98 Å². The fourth-order valence-corrected chi connectivity index (χ4v) is 1.35. The number of nitro groups is 1. The molecule has 0 radical (unpaired) electrons. The summed E-state index contributed by atoms with van der Waals surface area (Å²) in [5.74, 6) is -1.10. The predicted octanol–water partition coefficient (Wildman–Crippen LogP) is 2.92. The van der Waals surface area contributed by atoms with Gasteiger partial charge in [-0.05, 0) is 11.6 Å². The van der Waals surface area contributed by atoms with E-state index < -0.39 is 38.7 Å². The highest BCUT2D eigenvalue weighted by atomic mass is 35.5. The SMILES string of the molecule is O=C(Cl)c1ncc(OC(F)(F)F)c(Cl)c1[N+](=O)[O-]. The average molecular weight is 305 g/mol. The average Bonchev–Trinajstić information content (AvgIpc) is 2.17. The highest BCUT2D eigenvalue weighted by Crippen LogP contribution is 2.38. The molecule has 0 atom stereocenters. The number of hydrogen-bond acceptors (Lipinski definition) is 5. The molecule has 1 aromatic rings. The van der Waals surface area contributed by atoms with Crippen LogP contribution in [0.1, 0.15) is 10.5 Å². The maximum absolute atomic E-state index is 11.9. The number of hydrogen-bond donors (Lipinski definition) is 0. The molecule has 98 valence electrons. The minimum Gasteiger partial charge on any atom is -0.402 e. The Balaban J connectivity index is 3.40. The van der Waals surface area contributed by atoms with Crippen LogP contribution in [-0.2, 0) is 0 Å². The van der Waals surface area contributed by atoms with E-state index in [1.54, 1.807) is 0 Å². The number of pyridine rings is 1. The highest BCUT2D eigenvalue weighted by molar-refractivity contribution is 6.68. The molecule has 0 fully saturated rings. The van der Waals surface area contributed by atoms with E-state index in [1.165, 1.54) is 0 Å². The molecular formula is C7HCl2F3N2O4. The Bertz CT molecular complexity index is 520. The lowest BCUT2D eigenvalue weighted by Gasteiger charge is -2.10. The molecule has 1 heterocycles. The molecule has 11 heteroatoms. The normalized spacial score (nSPS) is 11.2. The van der Waals surface area contributed by atoms with Gasteiger partial charge in [0, 0.05) is 0 Å². The number of alkyl halides is 3. The number of halogens is 5. The standard InChI is InChI=1S/C7HCl2F3N2O4/c8-3-2(18-7(10,11)12)1-13-4(6(9)15)5(3)14(16)17/h1H. The molecule has 0 amide bonds. The van der Waals surface area contributed by atoms with E-state index in [4.69, 9.17) is 23.2 Å². The molecule has 0 unspecified atom stereocenters. The summed E-state index contributed by atoms with van der Waals surface area (Å²) in [4.78, 5) is 23.3. The number of nitrogens with zero attached hydrogens (tertiary/aromatic N) is 2. The summed E-state index contributed by atoms with van der Waals surface area (Å²) in [5, 5.41) is 8.25. The van der Waals surface area contributed by atoms with E-state index >= 15 is 0 Å². The van der Waals surface area contributed by atoms with Crippen molar-refractivity contribution < 1.29 is 27.6 Å². The molecule has 1 aromatic heterocycles. The van der Waals surface area contributed by atoms with Gasteiger partial charge >= 0.3 is 12.0 Å². The maximum Gasteiger partial charge on any atom is 0.573 e. The Morgan fingerprint density at radius 2 is 2.06 bits per heavy atom. The Labute approximate surface area is 106 Å². The first-order valence-corrected chi connectivity index (χ1v) is 4.67. The second-order valence-electron chi connectivity index (χ2n) is 2.71. The molecule has 1 rings (SSSR count). The zero-order valence-electron chi connectivity index (χ0n) is 7.99. The summed E-state index contributed by atoms with van der Waals surface area (Å²) in [6.45, 7) is 0. The van der Waals surface area contributed by atoms with E-state index in [0.29, 0.717) is 6.20 Å². The van der Waals surface area contributed by atoms with Gasteiger partial charge in [0.15, 0.2) is 10.8 Å². The van der Waals surface area contributed by atoms with Gasteiger partial charge < -0.3 is 4.74 Å². The molecule has 0 bridgehead atoms. The quantitative estimate of drug-likeness (QED) is 0.487. The fourth-order valence-electron chi connectivity index (χ4n) is 0.968.